The van der Waals surface area contributed by atoms with Gasteiger partial charge in [0.25, 0.3) is 0 Å². The van der Waals surface area contributed by atoms with Crippen LogP contribution in [0.4, 0.5) is 0 Å². The topological polar surface area (TPSA) is 170 Å². The zero-order chi connectivity index (χ0) is 20.7. The minimum Gasteiger partial charge on any atom is -0.328 e. The van der Waals surface area contributed by atoms with Crippen molar-refractivity contribution in [1.29, 1.82) is 0 Å². The van der Waals surface area contributed by atoms with Gasteiger partial charge in [-0.25, -0.2) is 13.9 Å². The van der Waals surface area contributed by atoms with Gasteiger partial charge in [-0.05, 0) is 31.2 Å². The predicted octanol–water partition coefficient (Wildman–Crippen LogP) is -0.474. The molecule has 0 aliphatic carbocycles. The third-order valence-electron chi connectivity index (χ3n) is 2.96. The Morgan fingerprint density at radius 1 is 1.14 bits per heavy atom. The van der Waals surface area contributed by atoms with Crippen LogP contribution in [-0.4, -0.2) is 42.9 Å². The molecule has 0 spiro atoms. The predicted molar refractivity (Wildman–Crippen MR) is 92.0 cm³/mol. The van der Waals surface area contributed by atoms with E-state index in [-0.39, 0.29) is 17.3 Å². The van der Waals surface area contributed by atoms with Crippen molar-refractivity contribution in [2.45, 2.75) is 17.6 Å². The highest BCUT2D eigenvalue weighted by Gasteiger charge is 2.22. The van der Waals surface area contributed by atoms with Gasteiger partial charge in [-0.15, -0.1) is 0 Å². The molecule has 1 aromatic heterocycles. The van der Waals surface area contributed by atoms with E-state index in [9.17, 15) is 22.8 Å². The van der Waals surface area contributed by atoms with Crippen LogP contribution in [0.3, 0.4) is 0 Å². The Hall–Kier alpha value is -3.03. The second kappa shape index (κ2) is 9.25. The van der Waals surface area contributed by atoms with E-state index in [0.29, 0.717) is 5.02 Å². The number of hydroxylamine groups is 1. The summed E-state index contributed by atoms with van der Waals surface area (Å²) in [4.78, 5) is 42.6. The van der Waals surface area contributed by atoms with Crippen LogP contribution in [0.25, 0.3) is 0 Å². The molecule has 0 fully saturated rings. The Bertz CT molecular complexity index is 974. The van der Waals surface area contributed by atoms with Crippen molar-refractivity contribution in [2.24, 2.45) is 0 Å². The Kier molecular flexibility index (Phi) is 7.03. The molecule has 12 nitrogen and oxygen atoms in total. The minimum absolute atomic E-state index is 0.0136. The van der Waals surface area contributed by atoms with E-state index in [4.69, 9.17) is 11.6 Å². The van der Waals surface area contributed by atoms with Gasteiger partial charge < -0.3 is 4.52 Å². The van der Waals surface area contributed by atoms with Gasteiger partial charge in [0.15, 0.2) is 15.7 Å². The summed E-state index contributed by atoms with van der Waals surface area (Å²) in [6, 6.07) is 5.45. The molecule has 1 heterocycles. The summed E-state index contributed by atoms with van der Waals surface area (Å²) < 4.78 is 29.2. The summed E-state index contributed by atoms with van der Waals surface area (Å²) in [5, 5.41) is 3.77. The largest absolute Gasteiger partial charge is 0.334 e. The van der Waals surface area contributed by atoms with E-state index in [1.165, 1.54) is 24.3 Å². The van der Waals surface area contributed by atoms with Crippen molar-refractivity contribution in [1.82, 2.24) is 26.5 Å². The minimum atomic E-state index is -3.80. The van der Waals surface area contributed by atoms with Gasteiger partial charge in [0.1, 0.15) is 5.75 Å². The smallest absolute Gasteiger partial charge is 0.328 e. The maximum absolute atomic E-state index is 12.3. The zero-order valence-corrected chi connectivity index (χ0v) is 15.8. The summed E-state index contributed by atoms with van der Waals surface area (Å²) in [5.41, 5.74) is 5.46. The molecule has 0 saturated carbocycles. The lowest BCUT2D eigenvalue weighted by atomic mass is 10.4. The van der Waals surface area contributed by atoms with Crippen molar-refractivity contribution >= 4 is 39.2 Å². The van der Waals surface area contributed by atoms with Gasteiger partial charge >= 0.3 is 23.6 Å². The molecule has 2 aromatic rings. The van der Waals surface area contributed by atoms with E-state index in [1.54, 1.807) is 12.3 Å². The number of sulfone groups is 1. The van der Waals surface area contributed by atoms with Gasteiger partial charge in [0.05, 0.1) is 11.5 Å². The molecule has 0 aliphatic heterocycles. The number of benzene rings is 1. The maximum atomic E-state index is 12.3. The fraction of sp³-hybridized carbons (Fsp3) is 0.214. The normalized spacial score (nSPS) is 10.9. The van der Waals surface area contributed by atoms with Crippen LogP contribution in [0, 0.1) is 0 Å². The van der Waals surface area contributed by atoms with E-state index >= 15 is 0 Å². The van der Waals surface area contributed by atoms with Crippen LogP contribution >= 0.6 is 11.6 Å². The molecular weight excluding hydrogens is 418 g/mol. The molecule has 3 N–H and O–H groups in total. The van der Waals surface area contributed by atoms with Crippen molar-refractivity contribution in [3.8, 4) is 0 Å². The Balaban J connectivity index is 1.95. The second-order valence-electron chi connectivity index (χ2n) is 5.00. The van der Waals surface area contributed by atoms with E-state index < -0.39 is 39.2 Å². The highest BCUT2D eigenvalue weighted by Crippen LogP contribution is 2.17. The van der Waals surface area contributed by atoms with E-state index in [1.807, 2.05) is 10.9 Å². The molecular formula is C14H14ClN5O7S. The van der Waals surface area contributed by atoms with Crippen LogP contribution in [0.1, 0.15) is 23.4 Å². The van der Waals surface area contributed by atoms with Crippen LogP contribution in [0.2, 0.25) is 5.02 Å². The molecule has 0 unspecified atom stereocenters. The van der Waals surface area contributed by atoms with Crippen LogP contribution in [-0.2, 0) is 30.0 Å². The fourth-order valence-corrected chi connectivity index (χ4v) is 3.01. The van der Waals surface area contributed by atoms with Gasteiger partial charge in [0.2, 0.25) is 0 Å². The van der Waals surface area contributed by atoms with E-state index in [2.05, 4.69) is 19.5 Å². The number of halogens is 1. The molecule has 0 bridgehead atoms. The first-order valence-corrected chi connectivity index (χ1v) is 9.59. The average molecular weight is 432 g/mol. The standard InChI is InChI=1S/C14H14ClN5O7S/c1-2-26-20-12(22)11(21)17-18-13(23)14-16-10(19-27-14)7-28(24,25)9-5-3-8(15)4-6-9/h3-6H,2,7H2,1H3,(H,17,21)(H,18,23)(H,20,22). The highest BCUT2D eigenvalue weighted by atomic mass is 35.5. The van der Waals surface area contributed by atoms with Gasteiger partial charge in [-0.2, -0.15) is 4.98 Å². The maximum Gasteiger partial charge on any atom is 0.334 e. The Labute approximate surface area is 163 Å². The zero-order valence-electron chi connectivity index (χ0n) is 14.3. The summed E-state index contributed by atoms with van der Waals surface area (Å²) >= 11 is 5.72. The molecule has 3 amide bonds. The number of nitrogens with zero attached hydrogens (tertiary/aromatic N) is 2. The van der Waals surface area contributed by atoms with Crippen molar-refractivity contribution in [3.63, 3.8) is 0 Å². The summed E-state index contributed by atoms with van der Waals surface area (Å²) in [5.74, 6) is -4.95. The SMILES string of the molecule is CCONC(=O)C(=O)NNC(=O)c1nc(CS(=O)(=O)c2ccc(Cl)cc2)no1. The van der Waals surface area contributed by atoms with Gasteiger partial charge in [0, 0.05) is 5.02 Å². The van der Waals surface area contributed by atoms with Gasteiger partial charge in [-0.1, -0.05) is 16.8 Å². The number of hydrogen-bond donors (Lipinski definition) is 3. The average Bonchev–Trinajstić information content (AvgIpc) is 3.12. The summed E-state index contributed by atoms with van der Waals surface area (Å²) in [7, 11) is -3.80. The molecule has 14 heteroatoms. The lowest BCUT2D eigenvalue weighted by Crippen LogP contribution is -2.48. The molecule has 0 aliphatic rings. The van der Waals surface area contributed by atoms with Crippen LogP contribution in [0.5, 0.6) is 0 Å². The number of rotatable bonds is 6. The molecule has 0 saturated heterocycles. The quantitative estimate of drug-likeness (QED) is 0.404. The molecule has 150 valence electrons. The second-order valence-corrected chi connectivity index (χ2v) is 7.43. The van der Waals surface area contributed by atoms with Gasteiger partial charge in [-0.3, -0.25) is 30.1 Å². The first-order valence-electron chi connectivity index (χ1n) is 7.56. The molecule has 28 heavy (non-hydrogen) atoms. The first-order chi connectivity index (χ1) is 13.2. The Morgan fingerprint density at radius 2 is 1.82 bits per heavy atom. The highest BCUT2D eigenvalue weighted by molar-refractivity contribution is 7.90. The molecule has 0 atom stereocenters. The van der Waals surface area contributed by atoms with Crippen molar-refractivity contribution < 1.29 is 32.2 Å². The lowest BCUT2D eigenvalue weighted by molar-refractivity contribution is -0.147. The van der Waals surface area contributed by atoms with Crippen molar-refractivity contribution in [2.75, 3.05) is 6.61 Å². The fourth-order valence-electron chi connectivity index (χ4n) is 1.71. The summed E-state index contributed by atoms with van der Waals surface area (Å²) in [6.07, 6.45) is 0. The monoisotopic (exact) mass is 431 g/mol. The number of amides is 3. The lowest BCUT2D eigenvalue weighted by Gasteiger charge is -2.05. The van der Waals surface area contributed by atoms with Crippen molar-refractivity contribution in [3.05, 3.63) is 41.0 Å². The number of aromatic nitrogens is 2. The molecule has 0 radical (unpaired) electrons. The van der Waals surface area contributed by atoms with Crippen LogP contribution in [0.15, 0.2) is 33.7 Å². The molecule has 1 aromatic carbocycles. The Morgan fingerprint density at radius 3 is 2.46 bits per heavy atom. The first kappa shape index (κ1) is 21.3. The number of carbonyl (C=O) groups is 3. The number of carbonyl (C=O) groups excluding carboxylic acids is 3. The number of hydrazine groups is 1. The van der Waals surface area contributed by atoms with Crippen LogP contribution < -0.4 is 16.3 Å². The third-order valence-corrected chi connectivity index (χ3v) is 4.84. The third kappa shape index (κ3) is 5.73. The summed E-state index contributed by atoms with van der Waals surface area (Å²) in [6.45, 7) is 1.72. The number of hydrogen-bond acceptors (Lipinski definition) is 9. The van der Waals surface area contributed by atoms with E-state index in [0.717, 1.165) is 0 Å². The molecule has 2 rings (SSSR count). The number of nitrogens with one attached hydrogen (secondary N) is 3.